The molecule has 4 rings (SSSR count). The lowest BCUT2D eigenvalue weighted by molar-refractivity contribution is -0.121. The molecule has 2 aromatic carbocycles. The van der Waals surface area contributed by atoms with E-state index in [0.717, 1.165) is 16.5 Å². The Morgan fingerprint density at radius 1 is 1.14 bits per heavy atom. The highest BCUT2D eigenvalue weighted by Gasteiger charge is 2.14. The second-order valence-electron chi connectivity index (χ2n) is 6.48. The van der Waals surface area contributed by atoms with Crippen LogP contribution in [-0.4, -0.2) is 21.0 Å². The van der Waals surface area contributed by atoms with Gasteiger partial charge < -0.3 is 14.8 Å². The largest absolute Gasteiger partial charge is 0.352 e. The van der Waals surface area contributed by atoms with E-state index < -0.39 is 0 Å². The molecule has 7 nitrogen and oxygen atoms in total. The molecule has 0 aliphatic carbocycles. The molecule has 146 valence electrons. The number of nitrogens with zero attached hydrogens (tertiary/aromatic N) is 2. The fourth-order valence-corrected chi connectivity index (χ4v) is 3.13. The lowest BCUT2D eigenvalue weighted by Crippen LogP contribution is -2.23. The zero-order valence-electron chi connectivity index (χ0n) is 15.3. The molecule has 0 atom stereocenters. The minimum atomic E-state index is -0.298. The summed E-state index contributed by atoms with van der Waals surface area (Å²) in [4.78, 5) is 31.4. The van der Waals surface area contributed by atoms with E-state index in [1.54, 1.807) is 12.1 Å². The van der Waals surface area contributed by atoms with E-state index in [1.165, 1.54) is 0 Å². The number of aromatic nitrogens is 3. The summed E-state index contributed by atoms with van der Waals surface area (Å²) in [7, 11) is 0. The SMILES string of the molecule is O=C(CCc1nc(-c2cc3ccccc3[nH]c2=O)no1)NCc1ccccc1Cl. The number of aryl methyl sites for hydroxylation is 1. The molecule has 0 aliphatic rings. The van der Waals surface area contributed by atoms with E-state index in [4.69, 9.17) is 16.1 Å². The first-order valence-electron chi connectivity index (χ1n) is 9.05. The summed E-state index contributed by atoms with van der Waals surface area (Å²) < 4.78 is 5.20. The number of carbonyl (C=O) groups is 1. The minimum Gasteiger partial charge on any atom is -0.352 e. The predicted octanol–water partition coefficient (Wildman–Crippen LogP) is 3.48. The molecule has 29 heavy (non-hydrogen) atoms. The summed E-state index contributed by atoms with van der Waals surface area (Å²) in [5.74, 6) is 0.331. The maximum atomic E-state index is 12.3. The molecule has 0 aliphatic heterocycles. The lowest BCUT2D eigenvalue weighted by atomic mass is 10.1. The number of amides is 1. The number of fused-ring (bicyclic) bond motifs is 1. The Balaban J connectivity index is 1.39. The van der Waals surface area contributed by atoms with Gasteiger partial charge in [-0.1, -0.05) is 53.2 Å². The molecule has 0 unspecified atom stereocenters. The molecule has 0 fully saturated rings. The normalized spacial score (nSPS) is 10.9. The van der Waals surface area contributed by atoms with Crippen LogP contribution >= 0.6 is 11.6 Å². The van der Waals surface area contributed by atoms with Gasteiger partial charge in [0.2, 0.25) is 17.6 Å². The summed E-state index contributed by atoms with van der Waals surface area (Å²) >= 11 is 6.08. The number of halogens is 1. The highest BCUT2D eigenvalue weighted by atomic mass is 35.5. The van der Waals surface area contributed by atoms with Crippen LogP contribution in [0.25, 0.3) is 22.3 Å². The molecule has 8 heteroatoms. The maximum absolute atomic E-state index is 12.3. The van der Waals surface area contributed by atoms with Gasteiger partial charge in [0, 0.05) is 29.9 Å². The van der Waals surface area contributed by atoms with E-state index >= 15 is 0 Å². The molecule has 2 heterocycles. The van der Waals surface area contributed by atoms with Crippen molar-refractivity contribution in [1.82, 2.24) is 20.4 Å². The molecule has 2 N–H and O–H groups in total. The van der Waals surface area contributed by atoms with Crippen molar-refractivity contribution < 1.29 is 9.32 Å². The first-order chi connectivity index (χ1) is 14.1. The van der Waals surface area contributed by atoms with Crippen molar-refractivity contribution in [3.8, 4) is 11.4 Å². The zero-order chi connectivity index (χ0) is 20.2. The minimum absolute atomic E-state index is 0.159. The first-order valence-corrected chi connectivity index (χ1v) is 9.43. The Labute approximate surface area is 170 Å². The van der Waals surface area contributed by atoms with Crippen molar-refractivity contribution in [2.45, 2.75) is 19.4 Å². The molecule has 0 radical (unpaired) electrons. The van der Waals surface area contributed by atoms with Gasteiger partial charge in [-0.2, -0.15) is 4.98 Å². The van der Waals surface area contributed by atoms with Crippen molar-refractivity contribution in [3.05, 3.63) is 81.4 Å². The number of para-hydroxylation sites is 1. The van der Waals surface area contributed by atoms with E-state index in [0.29, 0.717) is 23.0 Å². The van der Waals surface area contributed by atoms with Crippen LogP contribution in [0.4, 0.5) is 0 Å². The van der Waals surface area contributed by atoms with E-state index in [2.05, 4.69) is 20.4 Å². The number of pyridine rings is 1. The van der Waals surface area contributed by atoms with Crippen molar-refractivity contribution >= 4 is 28.4 Å². The van der Waals surface area contributed by atoms with Crippen LogP contribution in [0.1, 0.15) is 17.9 Å². The van der Waals surface area contributed by atoms with Gasteiger partial charge in [0.25, 0.3) is 5.56 Å². The van der Waals surface area contributed by atoms with Crippen molar-refractivity contribution in [3.63, 3.8) is 0 Å². The summed E-state index contributed by atoms with van der Waals surface area (Å²) in [6, 6.07) is 16.5. The van der Waals surface area contributed by atoms with Gasteiger partial charge in [-0.3, -0.25) is 9.59 Å². The third-order valence-electron chi connectivity index (χ3n) is 4.46. The topological polar surface area (TPSA) is 101 Å². The van der Waals surface area contributed by atoms with Crippen LogP contribution in [0.3, 0.4) is 0 Å². The summed E-state index contributed by atoms with van der Waals surface area (Å²) in [5, 5.41) is 8.17. The van der Waals surface area contributed by atoms with E-state index in [1.807, 2.05) is 42.5 Å². The number of nitrogens with one attached hydrogen (secondary N) is 2. The smallest absolute Gasteiger partial charge is 0.259 e. The van der Waals surface area contributed by atoms with Gasteiger partial charge in [0.05, 0.1) is 5.56 Å². The first kappa shape index (κ1) is 18.9. The average molecular weight is 409 g/mol. The molecule has 2 aromatic heterocycles. The van der Waals surface area contributed by atoms with Gasteiger partial charge in [0.1, 0.15) is 0 Å². The van der Waals surface area contributed by atoms with Gasteiger partial charge >= 0.3 is 0 Å². The van der Waals surface area contributed by atoms with Crippen LogP contribution in [0.15, 0.2) is 63.9 Å². The molecule has 4 aromatic rings. The van der Waals surface area contributed by atoms with Gasteiger partial charge in [-0.15, -0.1) is 0 Å². The van der Waals surface area contributed by atoms with Gasteiger partial charge in [0.15, 0.2) is 0 Å². The zero-order valence-corrected chi connectivity index (χ0v) is 16.1. The second kappa shape index (κ2) is 8.28. The number of hydrogen-bond acceptors (Lipinski definition) is 5. The lowest BCUT2D eigenvalue weighted by Gasteiger charge is -2.05. The van der Waals surface area contributed by atoms with Crippen LogP contribution in [-0.2, 0) is 17.8 Å². The van der Waals surface area contributed by atoms with Crippen LogP contribution in [0.2, 0.25) is 5.02 Å². The highest BCUT2D eigenvalue weighted by Crippen LogP contribution is 2.18. The Bertz CT molecular complexity index is 1230. The third-order valence-corrected chi connectivity index (χ3v) is 4.83. The predicted molar refractivity (Wildman–Crippen MR) is 109 cm³/mol. The van der Waals surface area contributed by atoms with Crippen molar-refractivity contribution in [2.75, 3.05) is 0 Å². The van der Waals surface area contributed by atoms with E-state index in [-0.39, 0.29) is 30.1 Å². The summed E-state index contributed by atoms with van der Waals surface area (Å²) in [6.45, 7) is 0.347. The Morgan fingerprint density at radius 2 is 1.93 bits per heavy atom. The molecule has 0 saturated heterocycles. The van der Waals surface area contributed by atoms with Gasteiger partial charge in [-0.05, 0) is 29.1 Å². The van der Waals surface area contributed by atoms with Gasteiger partial charge in [-0.25, -0.2) is 0 Å². The molecule has 0 saturated carbocycles. The summed E-state index contributed by atoms with van der Waals surface area (Å²) in [6.07, 6.45) is 0.451. The highest BCUT2D eigenvalue weighted by molar-refractivity contribution is 6.31. The Hall–Kier alpha value is -3.45. The number of benzene rings is 2. The molecular formula is C21H17ClN4O3. The number of hydrogen-bond donors (Lipinski definition) is 2. The fraction of sp³-hybridized carbons (Fsp3) is 0.143. The number of H-pyrrole nitrogens is 1. The van der Waals surface area contributed by atoms with Crippen LogP contribution < -0.4 is 10.9 Å². The average Bonchev–Trinajstić information content (AvgIpc) is 3.20. The van der Waals surface area contributed by atoms with Crippen LogP contribution in [0.5, 0.6) is 0 Å². The standard InChI is InChI=1S/C21H17ClN4O3/c22-16-7-3-1-6-14(16)12-23-18(27)9-10-19-25-20(26-29-19)15-11-13-5-2-4-8-17(13)24-21(15)28/h1-8,11H,9-10,12H2,(H,23,27)(H,24,28). The Kier molecular flexibility index (Phi) is 5.39. The molecule has 0 spiro atoms. The monoisotopic (exact) mass is 408 g/mol. The number of carbonyl (C=O) groups excluding carboxylic acids is 1. The molecule has 0 bridgehead atoms. The quantitative estimate of drug-likeness (QED) is 0.508. The maximum Gasteiger partial charge on any atom is 0.259 e. The third kappa shape index (κ3) is 4.35. The Morgan fingerprint density at radius 3 is 2.79 bits per heavy atom. The van der Waals surface area contributed by atoms with Crippen molar-refractivity contribution in [2.24, 2.45) is 0 Å². The number of aromatic amines is 1. The van der Waals surface area contributed by atoms with E-state index in [9.17, 15) is 9.59 Å². The molecular weight excluding hydrogens is 392 g/mol. The number of rotatable bonds is 6. The van der Waals surface area contributed by atoms with Crippen LogP contribution in [0, 0.1) is 0 Å². The second-order valence-corrected chi connectivity index (χ2v) is 6.89. The van der Waals surface area contributed by atoms with Crippen molar-refractivity contribution in [1.29, 1.82) is 0 Å². The fourth-order valence-electron chi connectivity index (χ4n) is 2.92. The summed E-state index contributed by atoms with van der Waals surface area (Å²) in [5.41, 5.74) is 1.61. The molecule has 1 amide bonds.